The minimum absolute atomic E-state index is 0.223. The number of carbonyl (C=O) groups excluding carboxylic acids is 1. The summed E-state index contributed by atoms with van der Waals surface area (Å²) in [7, 11) is 0. The summed E-state index contributed by atoms with van der Waals surface area (Å²) in [4.78, 5) is 14.4. The molecule has 18 heavy (non-hydrogen) atoms. The molecule has 0 amide bonds. The van der Waals surface area contributed by atoms with Gasteiger partial charge in [-0.3, -0.25) is 9.69 Å². The van der Waals surface area contributed by atoms with Gasteiger partial charge in [0.2, 0.25) is 0 Å². The van der Waals surface area contributed by atoms with E-state index in [9.17, 15) is 9.90 Å². The minimum Gasteiger partial charge on any atom is -0.395 e. The van der Waals surface area contributed by atoms with Crippen LogP contribution in [0, 0.1) is 11.8 Å². The van der Waals surface area contributed by atoms with E-state index >= 15 is 0 Å². The van der Waals surface area contributed by atoms with Crippen LogP contribution in [0.25, 0.3) is 0 Å². The molecule has 2 fully saturated rings. The van der Waals surface area contributed by atoms with Crippen LogP contribution in [0.3, 0.4) is 0 Å². The predicted molar refractivity (Wildman–Crippen MR) is 72.4 cm³/mol. The maximum Gasteiger partial charge on any atom is 0.137 e. The quantitative estimate of drug-likeness (QED) is 0.838. The fourth-order valence-corrected chi connectivity index (χ4v) is 3.47. The molecule has 2 aliphatic rings. The smallest absolute Gasteiger partial charge is 0.137 e. The van der Waals surface area contributed by atoms with E-state index < -0.39 is 0 Å². The first-order valence-corrected chi connectivity index (χ1v) is 7.58. The van der Waals surface area contributed by atoms with Crippen LogP contribution < -0.4 is 0 Å². The Balaban J connectivity index is 1.94. The highest BCUT2D eigenvalue weighted by Gasteiger charge is 2.30. The van der Waals surface area contributed by atoms with Crippen LogP contribution in [-0.2, 0) is 4.79 Å². The van der Waals surface area contributed by atoms with Crippen molar-refractivity contribution in [2.75, 3.05) is 19.7 Å². The van der Waals surface area contributed by atoms with Crippen LogP contribution in [0.1, 0.15) is 51.9 Å². The first kappa shape index (κ1) is 14.0. The number of rotatable bonds is 3. The summed E-state index contributed by atoms with van der Waals surface area (Å²) in [6.45, 7) is 4.44. The molecule has 0 spiro atoms. The van der Waals surface area contributed by atoms with Crippen molar-refractivity contribution in [3.8, 4) is 0 Å². The molecule has 0 bridgehead atoms. The lowest BCUT2D eigenvalue weighted by atomic mass is 9.81. The molecule has 0 aromatic rings. The van der Waals surface area contributed by atoms with Gasteiger partial charge in [0.05, 0.1) is 6.61 Å². The van der Waals surface area contributed by atoms with Gasteiger partial charge in [-0.25, -0.2) is 0 Å². The molecule has 1 N–H and O–H groups in total. The number of hydrogen-bond donors (Lipinski definition) is 1. The van der Waals surface area contributed by atoms with E-state index in [-0.39, 0.29) is 18.6 Å². The molecular weight excluding hydrogens is 226 g/mol. The molecule has 0 aromatic heterocycles. The number of hydrogen-bond acceptors (Lipinski definition) is 3. The third kappa shape index (κ3) is 3.55. The second kappa shape index (κ2) is 6.67. The highest BCUT2D eigenvalue weighted by atomic mass is 16.3. The van der Waals surface area contributed by atoms with E-state index in [2.05, 4.69) is 11.8 Å². The van der Waals surface area contributed by atoms with Gasteiger partial charge in [-0.15, -0.1) is 0 Å². The lowest BCUT2D eigenvalue weighted by Gasteiger charge is -2.34. The van der Waals surface area contributed by atoms with E-state index in [1.54, 1.807) is 0 Å². The van der Waals surface area contributed by atoms with E-state index in [1.807, 2.05) is 0 Å². The Morgan fingerprint density at radius 3 is 2.89 bits per heavy atom. The molecule has 3 nitrogen and oxygen atoms in total. The highest BCUT2D eigenvalue weighted by molar-refractivity contribution is 5.81. The first-order valence-electron chi connectivity index (χ1n) is 7.58. The zero-order valence-electron chi connectivity index (χ0n) is 11.6. The number of ketones is 1. The molecule has 3 unspecified atom stereocenters. The number of Topliss-reactive ketones (excluding diaryl/α,β-unsaturated/α-hetero) is 1. The van der Waals surface area contributed by atoms with E-state index in [0.29, 0.717) is 11.7 Å². The molecule has 104 valence electrons. The molecular formula is C15H27NO2. The molecule has 3 atom stereocenters. The van der Waals surface area contributed by atoms with Crippen molar-refractivity contribution in [1.82, 2.24) is 4.90 Å². The third-order valence-corrected chi connectivity index (χ3v) is 4.69. The van der Waals surface area contributed by atoms with Crippen molar-refractivity contribution in [3.63, 3.8) is 0 Å². The van der Waals surface area contributed by atoms with Crippen LogP contribution in [-0.4, -0.2) is 41.5 Å². The van der Waals surface area contributed by atoms with Gasteiger partial charge in [-0.1, -0.05) is 19.8 Å². The predicted octanol–water partition coefficient (Wildman–Crippen LogP) is 2.23. The van der Waals surface area contributed by atoms with Crippen molar-refractivity contribution in [1.29, 1.82) is 0 Å². The Labute approximate surface area is 111 Å². The normalized spacial score (nSPS) is 35.4. The molecule has 1 saturated heterocycles. The van der Waals surface area contributed by atoms with Crippen LogP contribution in [0.2, 0.25) is 0 Å². The second-order valence-electron chi connectivity index (χ2n) is 6.22. The van der Waals surface area contributed by atoms with Crippen molar-refractivity contribution in [3.05, 3.63) is 0 Å². The number of carbonyl (C=O) groups is 1. The molecule has 0 aromatic carbocycles. The lowest BCUT2D eigenvalue weighted by molar-refractivity contribution is -0.126. The van der Waals surface area contributed by atoms with Gasteiger partial charge in [0.25, 0.3) is 0 Å². The molecule has 1 aliphatic carbocycles. The van der Waals surface area contributed by atoms with Crippen LogP contribution in [0.4, 0.5) is 0 Å². The Hall–Kier alpha value is -0.410. The molecule has 3 heteroatoms. The van der Waals surface area contributed by atoms with Crippen LogP contribution in [0.15, 0.2) is 0 Å². The fourth-order valence-electron chi connectivity index (χ4n) is 3.47. The van der Waals surface area contributed by atoms with Gasteiger partial charge in [-0.2, -0.15) is 0 Å². The number of aliphatic hydroxyl groups excluding tert-OH is 1. The number of aliphatic hydroxyl groups is 1. The van der Waals surface area contributed by atoms with E-state index in [1.165, 1.54) is 19.3 Å². The van der Waals surface area contributed by atoms with Crippen molar-refractivity contribution < 1.29 is 9.90 Å². The van der Waals surface area contributed by atoms with Gasteiger partial charge < -0.3 is 5.11 Å². The maximum atomic E-state index is 12.0. The van der Waals surface area contributed by atoms with E-state index in [4.69, 9.17) is 0 Å². The van der Waals surface area contributed by atoms with Crippen molar-refractivity contribution in [2.24, 2.45) is 11.8 Å². The third-order valence-electron chi connectivity index (χ3n) is 4.69. The van der Waals surface area contributed by atoms with E-state index in [0.717, 1.165) is 38.8 Å². The fraction of sp³-hybridized carbons (Fsp3) is 0.933. The average molecular weight is 253 g/mol. The van der Waals surface area contributed by atoms with Crippen molar-refractivity contribution in [2.45, 2.75) is 57.9 Å². The number of nitrogens with zero attached hydrogens (tertiary/aromatic N) is 1. The summed E-state index contributed by atoms with van der Waals surface area (Å²) >= 11 is 0. The van der Waals surface area contributed by atoms with Gasteiger partial charge >= 0.3 is 0 Å². The zero-order valence-corrected chi connectivity index (χ0v) is 11.6. The summed E-state index contributed by atoms with van der Waals surface area (Å²) < 4.78 is 0. The monoisotopic (exact) mass is 253 g/mol. The SMILES string of the molecule is CC1CCC(=O)C(CN2CCCCCC2CO)C1. The number of likely N-dealkylation sites (tertiary alicyclic amines) is 1. The van der Waals surface area contributed by atoms with Crippen molar-refractivity contribution >= 4 is 5.78 Å². The first-order chi connectivity index (χ1) is 8.70. The van der Waals surface area contributed by atoms with Crippen LogP contribution in [0.5, 0.6) is 0 Å². The summed E-state index contributed by atoms with van der Waals surface area (Å²) in [5, 5.41) is 9.51. The molecule has 2 rings (SSSR count). The van der Waals surface area contributed by atoms with Crippen LogP contribution >= 0.6 is 0 Å². The summed E-state index contributed by atoms with van der Waals surface area (Å²) in [5.74, 6) is 1.36. The Bertz CT molecular complexity index is 280. The second-order valence-corrected chi connectivity index (χ2v) is 6.22. The largest absolute Gasteiger partial charge is 0.395 e. The lowest BCUT2D eigenvalue weighted by Crippen LogP contribution is -2.43. The summed E-state index contributed by atoms with van der Waals surface area (Å²) in [5.41, 5.74) is 0. The highest BCUT2D eigenvalue weighted by Crippen LogP contribution is 2.28. The van der Waals surface area contributed by atoms with Gasteiger partial charge in [0.1, 0.15) is 5.78 Å². The topological polar surface area (TPSA) is 40.5 Å². The zero-order chi connectivity index (χ0) is 13.0. The maximum absolute atomic E-state index is 12.0. The summed E-state index contributed by atoms with van der Waals surface area (Å²) in [6, 6.07) is 0.289. The molecule has 0 radical (unpaired) electrons. The molecule has 1 aliphatic heterocycles. The summed E-state index contributed by atoms with van der Waals surface area (Å²) in [6.07, 6.45) is 7.67. The Morgan fingerprint density at radius 1 is 1.28 bits per heavy atom. The average Bonchev–Trinajstić information content (AvgIpc) is 2.59. The molecule has 1 heterocycles. The Morgan fingerprint density at radius 2 is 2.11 bits per heavy atom. The van der Waals surface area contributed by atoms with Gasteiger partial charge in [-0.05, 0) is 38.1 Å². The van der Waals surface area contributed by atoms with Gasteiger partial charge in [0.15, 0.2) is 0 Å². The Kier molecular flexibility index (Phi) is 5.19. The minimum atomic E-state index is 0.223. The standard InChI is InChI=1S/C15H27NO2/c1-12-6-7-15(18)13(9-12)10-16-8-4-2-3-5-14(16)11-17/h12-14,17H,2-11H2,1H3. The molecule has 1 saturated carbocycles. The van der Waals surface area contributed by atoms with Gasteiger partial charge in [0, 0.05) is 24.9 Å².